The Morgan fingerprint density at radius 3 is 2.81 bits per heavy atom. The fraction of sp³-hybridized carbons (Fsp3) is 0.375. The predicted octanol–water partition coefficient (Wildman–Crippen LogP) is 2.55. The first kappa shape index (κ1) is 13.7. The van der Waals surface area contributed by atoms with Gasteiger partial charge in [0.25, 0.3) is 5.91 Å². The Balaban J connectivity index is 1.76. The quantitative estimate of drug-likeness (QED) is 0.866. The first-order chi connectivity index (χ1) is 10.3. The summed E-state index contributed by atoms with van der Waals surface area (Å²) in [5.74, 6) is -0.125. The lowest BCUT2D eigenvalue weighted by Gasteiger charge is -2.24. The van der Waals surface area contributed by atoms with Crippen molar-refractivity contribution in [3.8, 4) is 0 Å². The summed E-state index contributed by atoms with van der Waals surface area (Å²) in [7, 11) is 1.79. The minimum absolute atomic E-state index is 0.125. The Hall–Kier alpha value is -2.30. The fourth-order valence-electron chi connectivity index (χ4n) is 2.75. The molecule has 0 radical (unpaired) electrons. The summed E-state index contributed by atoms with van der Waals surface area (Å²) in [4.78, 5) is 20.2. The van der Waals surface area contributed by atoms with Crippen LogP contribution >= 0.6 is 0 Å². The van der Waals surface area contributed by atoms with Crippen LogP contribution in [0.15, 0.2) is 41.3 Å². The van der Waals surface area contributed by atoms with Gasteiger partial charge in [-0.25, -0.2) is 4.98 Å². The lowest BCUT2D eigenvalue weighted by Crippen LogP contribution is -2.28. The van der Waals surface area contributed by atoms with Crippen LogP contribution < -0.4 is 4.90 Å². The number of rotatable bonds is 4. The molecule has 110 valence electrons. The predicted molar refractivity (Wildman–Crippen MR) is 80.2 cm³/mol. The van der Waals surface area contributed by atoms with Gasteiger partial charge < -0.3 is 14.2 Å². The van der Waals surface area contributed by atoms with E-state index in [1.54, 1.807) is 11.9 Å². The molecule has 5 nitrogen and oxygen atoms in total. The summed E-state index contributed by atoms with van der Waals surface area (Å²) in [6, 6.07) is 8.29. The number of carbonyl (C=O) groups excluding carboxylic acids is 1. The maximum atomic E-state index is 12.2. The zero-order chi connectivity index (χ0) is 14.7. The molecule has 0 spiro atoms. The van der Waals surface area contributed by atoms with Crippen LogP contribution in [-0.2, 0) is 6.54 Å². The molecule has 2 aromatic rings. The Morgan fingerprint density at radius 2 is 2.10 bits per heavy atom. The van der Waals surface area contributed by atoms with E-state index in [4.69, 9.17) is 4.42 Å². The molecule has 1 aromatic carbocycles. The third-order valence-corrected chi connectivity index (χ3v) is 3.84. The van der Waals surface area contributed by atoms with E-state index in [1.807, 2.05) is 6.07 Å². The van der Waals surface area contributed by atoms with Crippen LogP contribution in [0.25, 0.3) is 0 Å². The lowest BCUT2D eigenvalue weighted by atomic mass is 10.1. The third kappa shape index (κ3) is 2.91. The van der Waals surface area contributed by atoms with Crippen molar-refractivity contribution >= 4 is 11.6 Å². The van der Waals surface area contributed by atoms with Crippen LogP contribution in [0.3, 0.4) is 0 Å². The molecular weight excluding hydrogens is 266 g/mol. The van der Waals surface area contributed by atoms with E-state index >= 15 is 0 Å². The van der Waals surface area contributed by atoms with E-state index in [0.717, 1.165) is 13.1 Å². The number of para-hydroxylation sites is 1. The van der Waals surface area contributed by atoms with Gasteiger partial charge in [0.15, 0.2) is 12.1 Å². The van der Waals surface area contributed by atoms with Gasteiger partial charge in [-0.15, -0.1) is 0 Å². The maximum absolute atomic E-state index is 12.2. The molecule has 1 amide bonds. The second-order valence-corrected chi connectivity index (χ2v) is 5.36. The van der Waals surface area contributed by atoms with E-state index in [2.05, 4.69) is 28.1 Å². The van der Waals surface area contributed by atoms with Crippen LogP contribution in [0.4, 0.5) is 5.69 Å². The number of hydrogen-bond acceptors (Lipinski definition) is 4. The summed E-state index contributed by atoms with van der Waals surface area (Å²) < 4.78 is 4.87. The molecule has 3 rings (SSSR count). The number of anilines is 1. The fourth-order valence-corrected chi connectivity index (χ4v) is 2.75. The molecule has 5 heteroatoms. The summed E-state index contributed by atoms with van der Waals surface area (Å²) >= 11 is 0. The van der Waals surface area contributed by atoms with Gasteiger partial charge in [0.05, 0.1) is 0 Å². The van der Waals surface area contributed by atoms with Crippen LogP contribution in [0.1, 0.15) is 28.9 Å². The van der Waals surface area contributed by atoms with Gasteiger partial charge in [-0.1, -0.05) is 18.2 Å². The molecule has 0 bridgehead atoms. The normalized spacial score (nSPS) is 14.4. The Bertz CT molecular complexity index is 604. The number of hydrogen-bond donors (Lipinski definition) is 0. The van der Waals surface area contributed by atoms with Crippen molar-refractivity contribution in [3.05, 3.63) is 48.2 Å². The highest BCUT2D eigenvalue weighted by molar-refractivity contribution is 5.91. The molecule has 0 saturated carbocycles. The molecule has 0 N–H and O–H groups in total. The summed E-state index contributed by atoms with van der Waals surface area (Å²) in [6.45, 7) is 2.76. The van der Waals surface area contributed by atoms with Gasteiger partial charge in [0, 0.05) is 32.4 Å². The van der Waals surface area contributed by atoms with Gasteiger partial charge in [-0.2, -0.15) is 0 Å². The second kappa shape index (κ2) is 5.99. The first-order valence-corrected chi connectivity index (χ1v) is 7.22. The largest absolute Gasteiger partial charge is 0.451 e. The second-order valence-electron chi connectivity index (χ2n) is 5.36. The average molecular weight is 285 g/mol. The van der Waals surface area contributed by atoms with Crippen LogP contribution in [-0.4, -0.2) is 35.9 Å². The molecule has 1 aliphatic rings. The van der Waals surface area contributed by atoms with Crippen molar-refractivity contribution < 1.29 is 9.21 Å². The van der Waals surface area contributed by atoms with Crippen LogP contribution in [0.2, 0.25) is 0 Å². The van der Waals surface area contributed by atoms with E-state index in [0.29, 0.717) is 12.2 Å². The van der Waals surface area contributed by atoms with Crippen molar-refractivity contribution in [2.45, 2.75) is 19.4 Å². The molecule has 0 unspecified atom stereocenters. The number of oxazole rings is 1. The number of benzene rings is 1. The highest BCUT2D eigenvalue weighted by atomic mass is 16.3. The van der Waals surface area contributed by atoms with E-state index in [9.17, 15) is 4.79 Å². The van der Waals surface area contributed by atoms with Crippen molar-refractivity contribution in [1.82, 2.24) is 9.88 Å². The van der Waals surface area contributed by atoms with Gasteiger partial charge in [-0.3, -0.25) is 4.79 Å². The Kier molecular flexibility index (Phi) is 3.90. The molecule has 21 heavy (non-hydrogen) atoms. The minimum atomic E-state index is -0.125. The summed E-state index contributed by atoms with van der Waals surface area (Å²) in [5.41, 5.74) is 2.74. The Morgan fingerprint density at radius 1 is 1.33 bits per heavy atom. The SMILES string of the molecule is CN(Cc1ccccc1N1CCCC1)C(=O)c1cocn1. The molecule has 0 atom stereocenters. The number of nitrogens with zero attached hydrogens (tertiary/aromatic N) is 3. The summed E-state index contributed by atoms with van der Waals surface area (Å²) in [6.07, 6.45) is 5.13. The molecule has 1 aliphatic heterocycles. The maximum Gasteiger partial charge on any atom is 0.275 e. The average Bonchev–Trinajstić information content (AvgIpc) is 3.20. The van der Waals surface area contributed by atoms with E-state index in [-0.39, 0.29) is 5.91 Å². The zero-order valence-corrected chi connectivity index (χ0v) is 12.2. The van der Waals surface area contributed by atoms with Crippen LogP contribution in [0, 0.1) is 0 Å². The number of amides is 1. The molecule has 1 aromatic heterocycles. The monoisotopic (exact) mass is 285 g/mol. The molecule has 1 fully saturated rings. The summed E-state index contributed by atoms with van der Waals surface area (Å²) in [5, 5.41) is 0. The minimum Gasteiger partial charge on any atom is -0.451 e. The number of aromatic nitrogens is 1. The van der Waals surface area contributed by atoms with Gasteiger partial charge >= 0.3 is 0 Å². The highest BCUT2D eigenvalue weighted by Gasteiger charge is 2.19. The smallest absolute Gasteiger partial charge is 0.275 e. The Labute approximate surface area is 124 Å². The molecule has 2 heterocycles. The topological polar surface area (TPSA) is 49.6 Å². The standard InChI is InChI=1S/C16H19N3O2/c1-18(16(20)14-11-21-12-17-14)10-13-6-2-3-7-15(13)19-8-4-5-9-19/h2-3,6-7,11-12H,4-5,8-10H2,1H3. The number of carbonyl (C=O) groups is 1. The van der Waals surface area contributed by atoms with Gasteiger partial charge in [0.1, 0.15) is 6.26 Å². The first-order valence-electron chi connectivity index (χ1n) is 7.22. The van der Waals surface area contributed by atoms with Crippen LogP contribution in [0.5, 0.6) is 0 Å². The van der Waals surface area contributed by atoms with E-state index < -0.39 is 0 Å². The van der Waals surface area contributed by atoms with Crippen molar-refractivity contribution in [1.29, 1.82) is 0 Å². The zero-order valence-electron chi connectivity index (χ0n) is 12.2. The van der Waals surface area contributed by atoms with Crippen molar-refractivity contribution in [3.63, 3.8) is 0 Å². The molecule has 1 saturated heterocycles. The van der Waals surface area contributed by atoms with Crippen molar-refractivity contribution in [2.24, 2.45) is 0 Å². The molecular formula is C16H19N3O2. The van der Waals surface area contributed by atoms with Gasteiger partial charge in [0.2, 0.25) is 0 Å². The van der Waals surface area contributed by atoms with Gasteiger partial charge in [-0.05, 0) is 24.5 Å². The van der Waals surface area contributed by atoms with E-state index in [1.165, 1.54) is 36.7 Å². The lowest BCUT2D eigenvalue weighted by molar-refractivity contribution is 0.0779. The highest BCUT2D eigenvalue weighted by Crippen LogP contribution is 2.25. The third-order valence-electron chi connectivity index (χ3n) is 3.84. The molecule has 0 aliphatic carbocycles. The van der Waals surface area contributed by atoms with Crippen molar-refractivity contribution in [2.75, 3.05) is 25.0 Å².